The van der Waals surface area contributed by atoms with Gasteiger partial charge in [0.05, 0.1) is 18.4 Å². The van der Waals surface area contributed by atoms with Crippen LogP contribution in [0.4, 0.5) is 0 Å². The molecule has 0 saturated heterocycles. The van der Waals surface area contributed by atoms with Crippen LogP contribution in [-0.4, -0.2) is 24.7 Å². The average molecular weight is 354 g/mol. The van der Waals surface area contributed by atoms with E-state index in [1.807, 2.05) is 0 Å². The Balaban J connectivity index is 1.90. The minimum Gasteiger partial charge on any atom is -0.494 e. The molecule has 2 aromatic rings. The summed E-state index contributed by atoms with van der Waals surface area (Å²) in [6.45, 7) is 4.15. The summed E-state index contributed by atoms with van der Waals surface area (Å²) >= 11 is 0. The Morgan fingerprint density at radius 2 is 1.69 bits per heavy atom. The largest absolute Gasteiger partial charge is 0.494 e. The van der Waals surface area contributed by atoms with Gasteiger partial charge in [0.2, 0.25) is 5.91 Å². The number of nitrogens with one attached hydrogen (secondary N) is 1. The van der Waals surface area contributed by atoms with Crippen molar-refractivity contribution >= 4 is 18.1 Å². The standard InChI is InChI=1S/C20H22N2O4/c1-3-4-13-25-18-11-7-17(8-12-18)20(24)26-19-9-5-16(6-10-19)14-21-22-15(2)23/h5-12,14H,3-4,13H2,1-2H3,(H,22,23)/b21-14-. The van der Waals surface area contributed by atoms with Gasteiger partial charge in [0.25, 0.3) is 0 Å². The fourth-order valence-corrected chi connectivity index (χ4v) is 2.01. The summed E-state index contributed by atoms with van der Waals surface area (Å²) in [5.41, 5.74) is 3.54. The molecule has 0 aromatic heterocycles. The van der Waals surface area contributed by atoms with Crippen molar-refractivity contribution in [2.24, 2.45) is 5.10 Å². The first kappa shape index (κ1) is 19.2. The molecule has 0 saturated carbocycles. The number of carbonyl (C=O) groups excluding carboxylic acids is 2. The fraction of sp³-hybridized carbons (Fsp3) is 0.250. The highest BCUT2D eigenvalue weighted by atomic mass is 16.5. The van der Waals surface area contributed by atoms with Gasteiger partial charge in [-0.25, -0.2) is 10.2 Å². The molecule has 136 valence electrons. The van der Waals surface area contributed by atoms with Gasteiger partial charge in [-0.05, 0) is 60.5 Å². The van der Waals surface area contributed by atoms with E-state index in [9.17, 15) is 9.59 Å². The second-order valence-electron chi connectivity index (χ2n) is 5.61. The van der Waals surface area contributed by atoms with Crippen molar-refractivity contribution in [1.29, 1.82) is 0 Å². The predicted molar refractivity (Wildman–Crippen MR) is 99.7 cm³/mol. The number of nitrogens with zero attached hydrogens (tertiary/aromatic N) is 1. The Bertz CT molecular complexity index is 752. The lowest BCUT2D eigenvalue weighted by atomic mass is 10.2. The SMILES string of the molecule is CCCCOc1ccc(C(=O)Oc2ccc(/C=N\NC(C)=O)cc2)cc1. The van der Waals surface area contributed by atoms with E-state index >= 15 is 0 Å². The Labute approximate surface area is 152 Å². The number of hydrogen-bond acceptors (Lipinski definition) is 5. The maximum Gasteiger partial charge on any atom is 0.343 e. The van der Waals surface area contributed by atoms with E-state index < -0.39 is 5.97 Å². The number of hydrogen-bond donors (Lipinski definition) is 1. The van der Waals surface area contributed by atoms with Crippen molar-refractivity contribution in [2.75, 3.05) is 6.61 Å². The van der Waals surface area contributed by atoms with E-state index in [2.05, 4.69) is 17.5 Å². The number of rotatable bonds is 8. The third kappa shape index (κ3) is 6.39. The Hall–Kier alpha value is -3.15. The molecule has 0 aliphatic rings. The van der Waals surface area contributed by atoms with Gasteiger partial charge in [0.15, 0.2) is 0 Å². The molecule has 0 spiro atoms. The minimum atomic E-state index is -0.440. The van der Waals surface area contributed by atoms with E-state index in [4.69, 9.17) is 9.47 Å². The van der Waals surface area contributed by atoms with Crippen LogP contribution in [0.3, 0.4) is 0 Å². The average Bonchev–Trinajstić information content (AvgIpc) is 2.63. The van der Waals surface area contributed by atoms with Gasteiger partial charge in [-0.1, -0.05) is 13.3 Å². The highest BCUT2D eigenvalue weighted by Gasteiger charge is 2.08. The summed E-state index contributed by atoms with van der Waals surface area (Å²) in [4.78, 5) is 22.9. The van der Waals surface area contributed by atoms with Crippen LogP contribution < -0.4 is 14.9 Å². The van der Waals surface area contributed by atoms with Gasteiger partial charge >= 0.3 is 5.97 Å². The van der Waals surface area contributed by atoms with Crippen molar-refractivity contribution in [2.45, 2.75) is 26.7 Å². The summed E-state index contributed by atoms with van der Waals surface area (Å²) in [6.07, 6.45) is 3.57. The molecule has 0 aliphatic heterocycles. The molecule has 6 heteroatoms. The van der Waals surface area contributed by atoms with Crippen molar-refractivity contribution < 1.29 is 19.1 Å². The fourth-order valence-electron chi connectivity index (χ4n) is 2.01. The second-order valence-corrected chi connectivity index (χ2v) is 5.61. The van der Waals surface area contributed by atoms with E-state index in [0.717, 1.165) is 24.2 Å². The lowest BCUT2D eigenvalue weighted by Crippen LogP contribution is -2.12. The molecule has 1 N–H and O–H groups in total. The second kappa shape index (κ2) is 9.98. The normalized spacial score (nSPS) is 10.5. The summed E-state index contributed by atoms with van der Waals surface area (Å²) < 4.78 is 10.9. The van der Waals surface area contributed by atoms with Gasteiger partial charge in [-0.3, -0.25) is 4.79 Å². The summed E-state index contributed by atoms with van der Waals surface area (Å²) in [7, 11) is 0. The van der Waals surface area contributed by atoms with Crippen LogP contribution in [0.25, 0.3) is 0 Å². The van der Waals surface area contributed by atoms with Gasteiger partial charge in [0, 0.05) is 6.92 Å². The van der Waals surface area contributed by atoms with Crippen LogP contribution in [0.5, 0.6) is 11.5 Å². The van der Waals surface area contributed by atoms with Gasteiger partial charge in [-0.15, -0.1) is 0 Å². The third-order valence-electron chi connectivity index (χ3n) is 3.38. The van der Waals surface area contributed by atoms with Crippen molar-refractivity contribution in [3.8, 4) is 11.5 Å². The number of benzene rings is 2. The zero-order valence-electron chi connectivity index (χ0n) is 14.9. The van der Waals surface area contributed by atoms with E-state index in [1.54, 1.807) is 48.5 Å². The molecular weight excluding hydrogens is 332 g/mol. The number of unbranched alkanes of at least 4 members (excludes halogenated alkanes) is 1. The Morgan fingerprint density at radius 1 is 1.04 bits per heavy atom. The molecule has 26 heavy (non-hydrogen) atoms. The van der Waals surface area contributed by atoms with Gasteiger partial charge in [-0.2, -0.15) is 5.10 Å². The molecule has 6 nitrogen and oxygen atoms in total. The first-order valence-corrected chi connectivity index (χ1v) is 8.43. The van der Waals surface area contributed by atoms with Crippen molar-refractivity contribution in [3.05, 3.63) is 59.7 Å². The zero-order chi connectivity index (χ0) is 18.8. The molecule has 2 aromatic carbocycles. The smallest absolute Gasteiger partial charge is 0.343 e. The zero-order valence-corrected chi connectivity index (χ0v) is 14.9. The van der Waals surface area contributed by atoms with Crippen LogP contribution in [-0.2, 0) is 4.79 Å². The molecule has 0 radical (unpaired) electrons. The van der Waals surface area contributed by atoms with Crippen LogP contribution in [0.1, 0.15) is 42.6 Å². The highest BCUT2D eigenvalue weighted by Crippen LogP contribution is 2.16. The van der Waals surface area contributed by atoms with Crippen LogP contribution in [0.15, 0.2) is 53.6 Å². The maximum atomic E-state index is 12.2. The molecule has 0 fully saturated rings. The van der Waals surface area contributed by atoms with Crippen LogP contribution in [0, 0.1) is 0 Å². The third-order valence-corrected chi connectivity index (χ3v) is 3.38. The minimum absolute atomic E-state index is 0.242. The van der Waals surface area contributed by atoms with Crippen molar-refractivity contribution in [3.63, 3.8) is 0 Å². The first-order valence-electron chi connectivity index (χ1n) is 8.43. The van der Waals surface area contributed by atoms with E-state index in [-0.39, 0.29) is 5.91 Å². The number of hydrazone groups is 1. The molecular formula is C20H22N2O4. The lowest BCUT2D eigenvalue weighted by molar-refractivity contribution is -0.118. The first-order chi connectivity index (χ1) is 12.6. The Kier molecular flexibility index (Phi) is 7.36. The molecule has 0 bridgehead atoms. The lowest BCUT2D eigenvalue weighted by Gasteiger charge is -2.07. The van der Waals surface area contributed by atoms with Crippen molar-refractivity contribution in [1.82, 2.24) is 5.43 Å². The maximum absolute atomic E-state index is 12.2. The van der Waals surface area contributed by atoms with Crippen LogP contribution in [0.2, 0.25) is 0 Å². The molecule has 0 unspecified atom stereocenters. The predicted octanol–water partition coefficient (Wildman–Crippen LogP) is 3.55. The van der Waals surface area contributed by atoms with Gasteiger partial charge < -0.3 is 9.47 Å². The monoisotopic (exact) mass is 354 g/mol. The molecule has 1 amide bonds. The summed E-state index contributed by atoms with van der Waals surface area (Å²) in [5, 5.41) is 3.77. The number of carbonyl (C=O) groups is 2. The molecule has 2 rings (SSSR count). The quantitative estimate of drug-likeness (QED) is 0.259. The summed E-state index contributed by atoms with van der Waals surface area (Å²) in [6, 6.07) is 13.7. The number of ether oxygens (including phenoxy) is 2. The molecule has 0 heterocycles. The number of esters is 1. The summed E-state index contributed by atoms with van der Waals surface area (Å²) in [5.74, 6) is 0.478. The van der Waals surface area contributed by atoms with Crippen LogP contribution >= 0.6 is 0 Å². The number of amides is 1. The topological polar surface area (TPSA) is 77.0 Å². The van der Waals surface area contributed by atoms with E-state index in [1.165, 1.54) is 13.1 Å². The highest BCUT2D eigenvalue weighted by molar-refractivity contribution is 5.91. The van der Waals surface area contributed by atoms with E-state index in [0.29, 0.717) is 17.9 Å². The van der Waals surface area contributed by atoms with Gasteiger partial charge in [0.1, 0.15) is 11.5 Å². The molecule has 0 atom stereocenters. The molecule has 0 aliphatic carbocycles. The Morgan fingerprint density at radius 3 is 2.31 bits per heavy atom.